The van der Waals surface area contributed by atoms with Crippen LogP contribution in [0.5, 0.6) is 0 Å². The Bertz CT molecular complexity index is 485. The fraction of sp³-hybridized carbons (Fsp3) is 0.571. The maximum absolute atomic E-state index is 11.6. The van der Waals surface area contributed by atoms with Gasteiger partial charge in [-0.1, -0.05) is 0 Å². The van der Waals surface area contributed by atoms with Crippen LogP contribution in [-0.2, 0) is 11.2 Å². The molecule has 0 bridgehead atoms. The average Bonchev–Trinajstić information content (AvgIpc) is 2.70. The molecule has 0 spiro atoms. The highest BCUT2D eigenvalue weighted by Crippen LogP contribution is 2.28. The van der Waals surface area contributed by atoms with Gasteiger partial charge in [0.1, 0.15) is 12.0 Å². The third kappa shape index (κ3) is 5.23. The van der Waals surface area contributed by atoms with Crippen LogP contribution in [0.3, 0.4) is 0 Å². The van der Waals surface area contributed by atoms with Gasteiger partial charge in [0, 0.05) is 15.4 Å². The molecule has 0 saturated heterocycles. The summed E-state index contributed by atoms with van der Waals surface area (Å²) >= 11 is 3.68. The van der Waals surface area contributed by atoms with Gasteiger partial charge in [-0.15, -0.1) is 11.3 Å². The number of halogens is 1. The molecular formula is C14H20INO3S. The van der Waals surface area contributed by atoms with Gasteiger partial charge in [-0.25, -0.2) is 0 Å². The third-order valence-electron chi connectivity index (χ3n) is 3.28. The molecule has 1 aromatic rings. The minimum Gasteiger partial charge on any atom is -0.379 e. The maximum Gasteiger partial charge on any atom is 0.170 e. The van der Waals surface area contributed by atoms with E-state index in [-0.39, 0.29) is 17.5 Å². The predicted octanol–water partition coefficient (Wildman–Crippen LogP) is 2.75. The summed E-state index contributed by atoms with van der Waals surface area (Å²) in [6.07, 6.45) is 1.47. The molecule has 6 heteroatoms. The first-order chi connectivity index (χ1) is 9.32. The van der Waals surface area contributed by atoms with Crippen molar-refractivity contribution in [2.75, 3.05) is 0 Å². The van der Waals surface area contributed by atoms with E-state index in [1.807, 2.05) is 5.38 Å². The molecule has 1 rings (SSSR count). The van der Waals surface area contributed by atoms with Gasteiger partial charge >= 0.3 is 0 Å². The molecule has 0 fully saturated rings. The summed E-state index contributed by atoms with van der Waals surface area (Å²) in [6, 6.07) is 0. The second kappa shape index (κ2) is 8.21. The van der Waals surface area contributed by atoms with E-state index in [0.29, 0.717) is 25.7 Å². The second-order valence-corrected chi connectivity index (χ2v) is 7.02. The first-order valence-corrected chi connectivity index (χ1v) is 8.48. The normalized spacial score (nSPS) is 14.1. The minimum atomic E-state index is -0.925. The van der Waals surface area contributed by atoms with Crippen molar-refractivity contribution >= 4 is 45.5 Å². The Balaban J connectivity index is 2.70. The van der Waals surface area contributed by atoms with Crippen molar-refractivity contribution in [2.45, 2.75) is 45.8 Å². The van der Waals surface area contributed by atoms with Crippen LogP contribution in [0.25, 0.3) is 0 Å². The van der Waals surface area contributed by atoms with Gasteiger partial charge in [0.25, 0.3) is 0 Å². The van der Waals surface area contributed by atoms with Crippen LogP contribution in [-0.4, -0.2) is 22.9 Å². The zero-order valence-corrected chi connectivity index (χ0v) is 14.7. The zero-order valence-electron chi connectivity index (χ0n) is 11.7. The molecule has 0 aliphatic carbocycles. The van der Waals surface area contributed by atoms with E-state index in [2.05, 4.69) is 22.6 Å². The van der Waals surface area contributed by atoms with E-state index in [1.54, 1.807) is 6.92 Å². The molecular weight excluding hydrogens is 389 g/mol. The van der Waals surface area contributed by atoms with Gasteiger partial charge in [0.05, 0.1) is 4.88 Å². The number of hydrogen-bond acceptors (Lipinski definition) is 5. The Morgan fingerprint density at radius 3 is 2.55 bits per heavy atom. The van der Waals surface area contributed by atoms with Gasteiger partial charge in [-0.2, -0.15) is 0 Å². The van der Waals surface area contributed by atoms with Crippen LogP contribution < -0.4 is 5.73 Å². The molecule has 2 atom stereocenters. The fourth-order valence-electron chi connectivity index (χ4n) is 2.09. The van der Waals surface area contributed by atoms with E-state index in [1.165, 1.54) is 18.3 Å². The quantitative estimate of drug-likeness (QED) is 0.393. The molecule has 0 aromatic carbocycles. The highest BCUT2D eigenvalue weighted by atomic mass is 127. The van der Waals surface area contributed by atoms with Crippen molar-refractivity contribution in [3.8, 4) is 0 Å². The van der Waals surface area contributed by atoms with Crippen LogP contribution in [0.1, 0.15) is 48.3 Å². The number of aliphatic hydroxyl groups excluding tert-OH is 1. The van der Waals surface area contributed by atoms with Crippen molar-refractivity contribution in [3.63, 3.8) is 0 Å². The molecule has 1 heterocycles. The van der Waals surface area contributed by atoms with Crippen LogP contribution in [0.15, 0.2) is 5.38 Å². The fourth-order valence-corrected chi connectivity index (χ4v) is 4.08. The lowest BCUT2D eigenvalue weighted by Gasteiger charge is -2.19. The van der Waals surface area contributed by atoms with Crippen LogP contribution in [0.4, 0.5) is 0 Å². The van der Waals surface area contributed by atoms with Crippen LogP contribution >= 0.6 is 33.9 Å². The number of aliphatic hydroxyl groups is 1. The highest BCUT2D eigenvalue weighted by Gasteiger charge is 2.19. The van der Waals surface area contributed by atoms with E-state index in [4.69, 9.17) is 5.73 Å². The number of thiophene rings is 1. The minimum absolute atomic E-state index is 0.0708. The molecule has 0 aliphatic rings. The van der Waals surface area contributed by atoms with Crippen molar-refractivity contribution < 1.29 is 14.7 Å². The van der Waals surface area contributed by atoms with E-state index < -0.39 is 6.23 Å². The topological polar surface area (TPSA) is 80.4 Å². The molecule has 0 radical (unpaired) electrons. The summed E-state index contributed by atoms with van der Waals surface area (Å²) in [5.41, 5.74) is 6.61. The van der Waals surface area contributed by atoms with Crippen molar-refractivity contribution in [3.05, 3.63) is 19.4 Å². The number of carbonyl (C=O) groups is 2. The average molecular weight is 409 g/mol. The Labute approximate surface area is 136 Å². The van der Waals surface area contributed by atoms with E-state index in [0.717, 1.165) is 14.0 Å². The number of carbonyl (C=O) groups excluding carboxylic acids is 2. The molecule has 1 aromatic heterocycles. The maximum atomic E-state index is 11.6. The zero-order chi connectivity index (χ0) is 15.3. The molecule has 20 heavy (non-hydrogen) atoms. The summed E-state index contributed by atoms with van der Waals surface area (Å²) in [6.45, 7) is 3.10. The van der Waals surface area contributed by atoms with E-state index in [9.17, 15) is 14.7 Å². The lowest BCUT2D eigenvalue weighted by atomic mass is 9.93. The molecule has 112 valence electrons. The summed E-state index contributed by atoms with van der Waals surface area (Å²) in [5, 5.41) is 11.6. The molecule has 4 nitrogen and oxygen atoms in total. The molecule has 3 N–H and O–H groups in total. The number of rotatable bonds is 8. The number of Topliss-reactive ketones (excluding diaryl/α,β-unsaturated/α-hetero) is 2. The largest absolute Gasteiger partial charge is 0.379 e. The third-order valence-corrected chi connectivity index (χ3v) is 5.79. The van der Waals surface area contributed by atoms with Gasteiger partial charge in [-0.05, 0) is 67.2 Å². The lowest BCUT2D eigenvalue weighted by Crippen LogP contribution is -2.30. The summed E-state index contributed by atoms with van der Waals surface area (Å²) in [5.74, 6) is 0.0566. The Morgan fingerprint density at radius 2 is 2.05 bits per heavy atom. The van der Waals surface area contributed by atoms with Gasteiger partial charge in [-0.3, -0.25) is 4.79 Å². The SMILES string of the molecule is CC(=O)CCC(CCc1c(I)csc1C(C)=O)C(N)O. The predicted molar refractivity (Wildman–Crippen MR) is 89.0 cm³/mol. The Kier molecular flexibility index (Phi) is 7.28. The summed E-state index contributed by atoms with van der Waals surface area (Å²) < 4.78 is 1.08. The smallest absolute Gasteiger partial charge is 0.170 e. The molecule has 0 aliphatic heterocycles. The highest BCUT2D eigenvalue weighted by molar-refractivity contribution is 14.1. The standard InChI is InChI=1S/C14H20INO3S/c1-8(17)3-4-10(14(16)19)5-6-11-12(15)7-20-13(11)9(2)18/h7,10,14,19H,3-6,16H2,1-2H3. The van der Waals surface area contributed by atoms with Gasteiger partial charge < -0.3 is 15.6 Å². The first-order valence-electron chi connectivity index (χ1n) is 6.52. The molecule has 0 saturated carbocycles. The van der Waals surface area contributed by atoms with Gasteiger partial charge in [0.15, 0.2) is 5.78 Å². The van der Waals surface area contributed by atoms with Crippen molar-refractivity contribution in [2.24, 2.45) is 11.7 Å². The van der Waals surface area contributed by atoms with Crippen LogP contribution in [0.2, 0.25) is 0 Å². The summed E-state index contributed by atoms with van der Waals surface area (Å²) in [7, 11) is 0. The van der Waals surface area contributed by atoms with Crippen LogP contribution in [0, 0.1) is 9.49 Å². The number of ketones is 2. The second-order valence-electron chi connectivity index (χ2n) is 4.98. The number of hydrogen-bond donors (Lipinski definition) is 2. The van der Waals surface area contributed by atoms with Gasteiger partial charge in [0.2, 0.25) is 0 Å². The summed E-state index contributed by atoms with van der Waals surface area (Å²) in [4.78, 5) is 23.4. The lowest BCUT2D eigenvalue weighted by molar-refractivity contribution is -0.117. The van der Waals surface area contributed by atoms with E-state index >= 15 is 0 Å². The molecule has 0 amide bonds. The first kappa shape index (κ1) is 17.7. The monoisotopic (exact) mass is 409 g/mol. The molecule has 2 unspecified atom stereocenters. The Hall–Kier alpha value is -0.310. The van der Waals surface area contributed by atoms with Crippen molar-refractivity contribution in [1.29, 1.82) is 0 Å². The Morgan fingerprint density at radius 1 is 1.40 bits per heavy atom. The number of nitrogens with two attached hydrogens (primary N) is 1. The van der Waals surface area contributed by atoms with Crippen molar-refractivity contribution in [1.82, 2.24) is 0 Å².